The summed E-state index contributed by atoms with van der Waals surface area (Å²) in [5, 5.41) is 10.2. The highest BCUT2D eigenvalue weighted by Gasteiger charge is 2.20. The second-order valence-electron chi connectivity index (χ2n) is 7.45. The highest BCUT2D eigenvalue weighted by atomic mass is 35.5. The molecule has 0 radical (unpaired) electrons. The number of nitrogens with one attached hydrogen (secondary N) is 1. The number of aromatic nitrogens is 2. The lowest BCUT2D eigenvalue weighted by molar-refractivity contribution is 0.284. The second kappa shape index (κ2) is 10.9. The van der Waals surface area contributed by atoms with Crippen LogP contribution in [-0.4, -0.2) is 63.6 Å². The number of ether oxygens (including phenoxy) is 1. The summed E-state index contributed by atoms with van der Waals surface area (Å²) >= 11 is 6.15. The molecule has 3 aromatic rings. The van der Waals surface area contributed by atoms with Gasteiger partial charge in [0.15, 0.2) is 15.5 Å². The lowest BCUT2D eigenvalue weighted by Crippen LogP contribution is -2.16. The van der Waals surface area contributed by atoms with Gasteiger partial charge in [-0.2, -0.15) is 16.8 Å². The van der Waals surface area contributed by atoms with Crippen LogP contribution in [0.1, 0.15) is 5.56 Å². The molecule has 19 heteroatoms. The Morgan fingerprint density at radius 2 is 1.66 bits per heavy atom. The fraction of sp³-hybridized carbons (Fsp3) is 0.211. The minimum Gasteiger partial charge on any atom is -0.494 e. The van der Waals surface area contributed by atoms with Crippen molar-refractivity contribution in [1.82, 2.24) is 9.78 Å². The van der Waals surface area contributed by atoms with Gasteiger partial charge in [0.2, 0.25) is 0 Å². The Balaban J connectivity index is 1.95. The van der Waals surface area contributed by atoms with Gasteiger partial charge in [0.1, 0.15) is 11.4 Å². The van der Waals surface area contributed by atoms with E-state index in [9.17, 15) is 34.6 Å². The molecule has 0 spiro atoms. The molecular formula is C19H19ClN4O11S3. The van der Waals surface area contributed by atoms with Gasteiger partial charge in [0, 0.05) is 0 Å². The molecule has 0 saturated heterocycles. The lowest BCUT2D eigenvalue weighted by Gasteiger charge is -2.10. The van der Waals surface area contributed by atoms with Gasteiger partial charge in [0.25, 0.3) is 15.7 Å². The van der Waals surface area contributed by atoms with Gasteiger partial charge in [-0.1, -0.05) is 11.6 Å². The number of hydrogen-bond donors (Lipinski definition) is 3. The topological polar surface area (TPSA) is 224 Å². The van der Waals surface area contributed by atoms with Crippen molar-refractivity contribution in [1.29, 1.82) is 0 Å². The van der Waals surface area contributed by atoms with Gasteiger partial charge in [-0.3, -0.25) is 19.0 Å². The Bertz CT molecular complexity index is 1770. The van der Waals surface area contributed by atoms with E-state index in [-0.39, 0.29) is 38.3 Å². The largest absolute Gasteiger partial charge is 0.494 e. The van der Waals surface area contributed by atoms with Gasteiger partial charge >= 0.3 is 10.4 Å². The second-order valence-corrected chi connectivity index (χ2v) is 12.5. The Labute approximate surface area is 221 Å². The van der Waals surface area contributed by atoms with Crippen molar-refractivity contribution in [3.63, 3.8) is 0 Å². The smallest absolute Gasteiger partial charge is 0.397 e. The first-order valence-electron chi connectivity index (χ1n) is 10.1. The molecule has 0 bridgehead atoms. The fourth-order valence-corrected chi connectivity index (χ4v) is 5.66. The summed E-state index contributed by atoms with van der Waals surface area (Å²) < 4.78 is 97.1. The number of methoxy groups -OCH3 is 1. The van der Waals surface area contributed by atoms with Crippen LogP contribution < -0.4 is 10.3 Å². The molecule has 0 amide bonds. The standard InChI is InChI=1S/C19H19ClN4O11S3/c1-11-7-13(37(28,29)30)8-14(20)18(11)24-19(25)16(10-21-24)23-22-15-9-12(3-4-17(15)34-2)36(26,27)6-5-35-38(31,32)33/h3-4,7-10,21H,5-6H2,1-2H3,(H,28,29,30)(H,31,32,33). The van der Waals surface area contributed by atoms with E-state index in [1.807, 2.05) is 0 Å². The number of azo groups is 1. The molecule has 0 aliphatic carbocycles. The molecule has 0 atom stereocenters. The van der Waals surface area contributed by atoms with Gasteiger partial charge in [0.05, 0.1) is 46.2 Å². The quantitative estimate of drug-likeness (QED) is 0.223. The fourth-order valence-electron chi connectivity index (χ4n) is 3.15. The molecule has 0 fully saturated rings. The Hall–Kier alpha value is -3.13. The lowest BCUT2D eigenvalue weighted by atomic mass is 10.2. The number of H-pyrrole nitrogens is 1. The van der Waals surface area contributed by atoms with Crippen LogP contribution in [0.25, 0.3) is 5.69 Å². The number of aromatic amines is 1. The van der Waals surface area contributed by atoms with E-state index in [0.29, 0.717) is 0 Å². The molecule has 0 saturated carbocycles. The van der Waals surface area contributed by atoms with Gasteiger partial charge in [-0.05, 0) is 42.8 Å². The third kappa shape index (κ3) is 6.84. The highest BCUT2D eigenvalue weighted by Crippen LogP contribution is 2.32. The Morgan fingerprint density at radius 3 is 2.24 bits per heavy atom. The predicted molar refractivity (Wildman–Crippen MR) is 133 cm³/mol. The zero-order valence-corrected chi connectivity index (χ0v) is 22.6. The van der Waals surface area contributed by atoms with Crippen LogP contribution >= 0.6 is 11.6 Å². The monoisotopic (exact) mass is 610 g/mol. The van der Waals surface area contributed by atoms with Gasteiger partial charge < -0.3 is 4.74 Å². The van der Waals surface area contributed by atoms with E-state index < -0.39 is 53.2 Å². The number of hydrogen-bond acceptors (Lipinski definition) is 11. The average Bonchev–Trinajstić information content (AvgIpc) is 3.15. The van der Waals surface area contributed by atoms with Crippen molar-refractivity contribution in [3.05, 3.63) is 57.5 Å². The van der Waals surface area contributed by atoms with Crippen LogP contribution in [0.3, 0.4) is 0 Å². The number of aryl methyl sites for hydroxylation is 1. The summed E-state index contributed by atoms with van der Waals surface area (Å²) in [7, 11) is -12.2. The van der Waals surface area contributed by atoms with E-state index >= 15 is 0 Å². The van der Waals surface area contributed by atoms with Crippen molar-refractivity contribution < 1.29 is 43.3 Å². The Morgan fingerprint density at radius 1 is 1.00 bits per heavy atom. The summed E-state index contributed by atoms with van der Waals surface area (Å²) in [6.45, 7) is 0.627. The van der Waals surface area contributed by atoms with E-state index in [4.69, 9.17) is 20.9 Å². The van der Waals surface area contributed by atoms with E-state index in [1.54, 1.807) is 0 Å². The highest BCUT2D eigenvalue weighted by molar-refractivity contribution is 7.91. The van der Waals surface area contributed by atoms with Crippen molar-refractivity contribution in [2.24, 2.45) is 10.2 Å². The molecule has 0 aliphatic heterocycles. The molecule has 3 rings (SSSR count). The van der Waals surface area contributed by atoms with Crippen LogP contribution in [0.5, 0.6) is 5.75 Å². The SMILES string of the molecule is COc1ccc(S(=O)(=O)CCOS(=O)(=O)O)cc1N=Nc1c[nH]n(-c2c(C)cc(S(=O)(=O)O)cc2Cl)c1=O. The van der Waals surface area contributed by atoms with Crippen LogP contribution in [0.15, 0.2) is 61.3 Å². The predicted octanol–water partition coefficient (Wildman–Crippen LogP) is 2.39. The van der Waals surface area contributed by atoms with E-state index in [0.717, 1.165) is 29.1 Å². The van der Waals surface area contributed by atoms with Gasteiger partial charge in [-0.25, -0.2) is 17.3 Å². The average molecular weight is 611 g/mol. The van der Waals surface area contributed by atoms with Crippen LogP contribution in [0, 0.1) is 6.92 Å². The molecule has 38 heavy (non-hydrogen) atoms. The maximum Gasteiger partial charge on any atom is 0.397 e. The zero-order valence-electron chi connectivity index (χ0n) is 19.4. The molecular weight excluding hydrogens is 592 g/mol. The summed E-state index contributed by atoms with van der Waals surface area (Å²) in [6, 6.07) is 5.59. The number of benzene rings is 2. The number of sulfone groups is 1. The molecule has 206 valence electrons. The summed E-state index contributed by atoms with van der Waals surface area (Å²) in [5.41, 5.74) is -0.763. The van der Waals surface area contributed by atoms with Crippen molar-refractivity contribution in [2.45, 2.75) is 16.7 Å². The maximum atomic E-state index is 12.9. The molecule has 15 nitrogen and oxygen atoms in total. The molecule has 3 N–H and O–H groups in total. The molecule has 0 aliphatic rings. The third-order valence-corrected chi connectivity index (χ3v) is 8.12. The van der Waals surface area contributed by atoms with Crippen LogP contribution in [0.2, 0.25) is 5.02 Å². The minimum absolute atomic E-state index is 0.0864. The number of halogens is 1. The van der Waals surface area contributed by atoms with E-state index in [1.165, 1.54) is 26.2 Å². The van der Waals surface area contributed by atoms with E-state index in [2.05, 4.69) is 19.5 Å². The third-order valence-electron chi connectivity index (χ3n) is 4.86. The van der Waals surface area contributed by atoms with Crippen LogP contribution in [0.4, 0.5) is 11.4 Å². The first-order valence-corrected chi connectivity index (χ1v) is 14.9. The number of nitrogens with zero attached hydrogens (tertiary/aromatic N) is 3. The van der Waals surface area contributed by atoms with Crippen molar-refractivity contribution in [2.75, 3.05) is 19.5 Å². The van der Waals surface area contributed by atoms with Gasteiger partial charge in [-0.15, -0.1) is 10.2 Å². The summed E-state index contributed by atoms with van der Waals surface area (Å²) in [4.78, 5) is 12.1. The number of rotatable bonds is 10. The summed E-state index contributed by atoms with van der Waals surface area (Å²) in [6.07, 6.45) is 1.16. The minimum atomic E-state index is -4.82. The van der Waals surface area contributed by atoms with Crippen molar-refractivity contribution in [3.8, 4) is 11.4 Å². The molecule has 1 heterocycles. The molecule has 0 unspecified atom stereocenters. The normalized spacial score (nSPS) is 12.8. The first kappa shape index (κ1) is 29.4. The molecule has 2 aromatic carbocycles. The first-order chi connectivity index (χ1) is 17.5. The maximum absolute atomic E-state index is 12.9. The van der Waals surface area contributed by atoms with Crippen LogP contribution in [-0.2, 0) is 34.5 Å². The Kier molecular flexibility index (Phi) is 8.46. The molecule has 1 aromatic heterocycles. The zero-order chi connectivity index (χ0) is 28.5. The van der Waals surface area contributed by atoms with Crippen molar-refractivity contribution >= 4 is 53.3 Å². The summed E-state index contributed by atoms with van der Waals surface area (Å²) in [5.74, 6) is -0.688.